The van der Waals surface area contributed by atoms with Crippen LogP contribution in [-0.4, -0.2) is 0 Å². The molecule has 0 spiro atoms. The highest BCUT2D eigenvalue weighted by atomic mass is 19.1. The summed E-state index contributed by atoms with van der Waals surface area (Å²) in [5, 5.41) is 0.271. The smallest absolute Gasteiger partial charge is 0.140 e. The molecule has 19 heavy (non-hydrogen) atoms. The van der Waals surface area contributed by atoms with Gasteiger partial charge in [0.2, 0.25) is 0 Å². The van der Waals surface area contributed by atoms with Crippen molar-refractivity contribution in [1.82, 2.24) is 0 Å². The molecular weight excluding hydrogens is 248 g/mol. The zero-order chi connectivity index (χ0) is 13.4. The molecule has 0 saturated heterocycles. The molecule has 4 heteroatoms. The number of halogens is 2. The average molecular weight is 259 g/mol. The second-order valence-corrected chi connectivity index (χ2v) is 4.23. The molecule has 0 saturated carbocycles. The van der Waals surface area contributed by atoms with E-state index >= 15 is 0 Å². The zero-order valence-electron chi connectivity index (χ0n) is 9.99. The van der Waals surface area contributed by atoms with E-state index in [1.165, 1.54) is 6.07 Å². The van der Waals surface area contributed by atoms with Gasteiger partial charge in [0.05, 0.1) is 11.9 Å². The fourth-order valence-electron chi connectivity index (χ4n) is 2.25. The van der Waals surface area contributed by atoms with E-state index < -0.39 is 11.6 Å². The standard InChI is InChI=1S/C15H11F2NO/c16-10-6-11(17)15-12(7-10)19-13(8-18)14(15)9-4-2-1-3-5-9/h1-7H,8,18H2. The van der Waals surface area contributed by atoms with E-state index in [0.29, 0.717) is 11.3 Å². The largest absolute Gasteiger partial charge is 0.459 e. The van der Waals surface area contributed by atoms with Gasteiger partial charge in [-0.05, 0) is 5.56 Å². The third kappa shape index (κ3) is 1.90. The minimum Gasteiger partial charge on any atom is -0.459 e. The van der Waals surface area contributed by atoms with E-state index in [2.05, 4.69) is 0 Å². The number of rotatable bonds is 2. The summed E-state index contributed by atoms with van der Waals surface area (Å²) in [6.45, 7) is 0.125. The maximum absolute atomic E-state index is 14.0. The summed E-state index contributed by atoms with van der Waals surface area (Å²) < 4.78 is 32.7. The predicted molar refractivity (Wildman–Crippen MR) is 69.5 cm³/mol. The maximum Gasteiger partial charge on any atom is 0.140 e. The number of furan rings is 1. The van der Waals surface area contributed by atoms with Crippen molar-refractivity contribution < 1.29 is 13.2 Å². The van der Waals surface area contributed by atoms with Crippen LogP contribution in [0.3, 0.4) is 0 Å². The van der Waals surface area contributed by atoms with Crippen LogP contribution < -0.4 is 5.73 Å². The van der Waals surface area contributed by atoms with Gasteiger partial charge in [0.1, 0.15) is 23.0 Å². The molecule has 0 atom stereocenters. The molecular formula is C15H11F2NO. The normalized spacial score (nSPS) is 11.1. The Kier molecular flexibility index (Phi) is 2.80. The Morgan fingerprint density at radius 3 is 2.47 bits per heavy atom. The second kappa shape index (κ2) is 4.48. The Morgan fingerprint density at radius 1 is 1.05 bits per heavy atom. The van der Waals surface area contributed by atoms with Gasteiger partial charge in [-0.2, -0.15) is 0 Å². The van der Waals surface area contributed by atoms with E-state index in [1.54, 1.807) is 0 Å². The molecule has 0 amide bonds. The number of fused-ring (bicyclic) bond motifs is 1. The summed E-state index contributed by atoms with van der Waals surface area (Å²) in [4.78, 5) is 0. The van der Waals surface area contributed by atoms with Crippen LogP contribution in [0, 0.1) is 11.6 Å². The van der Waals surface area contributed by atoms with E-state index in [4.69, 9.17) is 10.2 Å². The first-order valence-corrected chi connectivity index (χ1v) is 5.86. The molecule has 1 aromatic heterocycles. The SMILES string of the molecule is NCc1oc2cc(F)cc(F)c2c1-c1ccccc1. The van der Waals surface area contributed by atoms with Crippen LogP contribution in [0.15, 0.2) is 46.9 Å². The highest BCUT2D eigenvalue weighted by Crippen LogP contribution is 2.36. The summed E-state index contributed by atoms with van der Waals surface area (Å²) in [6, 6.07) is 11.3. The van der Waals surface area contributed by atoms with Crippen LogP contribution in [0.25, 0.3) is 22.1 Å². The first kappa shape index (κ1) is 11.9. The van der Waals surface area contributed by atoms with E-state index in [0.717, 1.165) is 11.6 Å². The monoisotopic (exact) mass is 259 g/mol. The average Bonchev–Trinajstić information content (AvgIpc) is 2.78. The summed E-state index contributed by atoms with van der Waals surface area (Å²) in [5.41, 5.74) is 7.20. The van der Waals surface area contributed by atoms with Crippen LogP contribution in [0.4, 0.5) is 8.78 Å². The lowest BCUT2D eigenvalue weighted by Crippen LogP contribution is -1.96. The quantitative estimate of drug-likeness (QED) is 0.759. The van der Waals surface area contributed by atoms with Crippen molar-refractivity contribution in [2.24, 2.45) is 5.73 Å². The molecule has 0 unspecified atom stereocenters. The lowest BCUT2D eigenvalue weighted by atomic mass is 10.0. The number of nitrogens with two attached hydrogens (primary N) is 1. The maximum atomic E-state index is 14.0. The molecule has 2 N–H and O–H groups in total. The summed E-state index contributed by atoms with van der Waals surface area (Å²) >= 11 is 0. The van der Waals surface area contributed by atoms with Gasteiger partial charge >= 0.3 is 0 Å². The lowest BCUT2D eigenvalue weighted by Gasteiger charge is -2.02. The molecule has 0 bridgehead atoms. The molecule has 1 heterocycles. The van der Waals surface area contributed by atoms with Crippen molar-refractivity contribution in [3.8, 4) is 11.1 Å². The Morgan fingerprint density at radius 2 is 1.79 bits per heavy atom. The molecule has 2 aromatic carbocycles. The van der Waals surface area contributed by atoms with Gasteiger partial charge in [0.15, 0.2) is 0 Å². The van der Waals surface area contributed by atoms with Gasteiger partial charge in [-0.1, -0.05) is 30.3 Å². The van der Waals surface area contributed by atoms with E-state index in [-0.39, 0.29) is 17.5 Å². The van der Waals surface area contributed by atoms with Crippen molar-refractivity contribution >= 4 is 11.0 Å². The minimum atomic E-state index is -0.665. The van der Waals surface area contributed by atoms with Gasteiger partial charge in [0.25, 0.3) is 0 Å². The third-order valence-electron chi connectivity index (χ3n) is 3.03. The van der Waals surface area contributed by atoms with Crippen LogP contribution in [0.1, 0.15) is 5.76 Å². The van der Waals surface area contributed by atoms with Gasteiger partial charge in [0, 0.05) is 17.7 Å². The molecule has 2 nitrogen and oxygen atoms in total. The van der Waals surface area contributed by atoms with Crippen LogP contribution in [0.2, 0.25) is 0 Å². The summed E-state index contributed by atoms with van der Waals surface area (Å²) in [6.07, 6.45) is 0. The van der Waals surface area contributed by atoms with E-state index in [9.17, 15) is 8.78 Å². The highest BCUT2D eigenvalue weighted by Gasteiger charge is 2.19. The molecule has 3 aromatic rings. The van der Waals surface area contributed by atoms with Crippen molar-refractivity contribution in [2.45, 2.75) is 6.54 Å². The Hall–Kier alpha value is -2.20. The summed E-state index contributed by atoms with van der Waals surface area (Å²) in [5.74, 6) is -0.857. The Bertz CT molecular complexity index is 735. The van der Waals surface area contributed by atoms with Crippen LogP contribution in [-0.2, 0) is 6.54 Å². The number of hydrogen-bond acceptors (Lipinski definition) is 2. The predicted octanol–water partition coefficient (Wildman–Crippen LogP) is 3.84. The van der Waals surface area contributed by atoms with Crippen molar-refractivity contribution in [3.63, 3.8) is 0 Å². The first-order valence-electron chi connectivity index (χ1n) is 5.86. The highest BCUT2D eigenvalue weighted by molar-refractivity contribution is 5.96. The summed E-state index contributed by atoms with van der Waals surface area (Å²) in [7, 11) is 0. The van der Waals surface area contributed by atoms with Gasteiger partial charge in [-0.3, -0.25) is 0 Å². The molecule has 0 radical (unpaired) electrons. The number of hydrogen-bond donors (Lipinski definition) is 1. The van der Waals surface area contributed by atoms with Crippen molar-refractivity contribution in [2.75, 3.05) is 0 Å². The van der Waals surface area contributed by atoms with Crippen LogP contribution in [0.5, 0.6) is 0 Å². The fraction of sp³-hybridized carbons (Fsp3) is 0.0667. The third-order valence-corrected chi connectivity index (χ3v) is 3.03. The van der Waals surface area contributed by atoms with Crippen molar-refractivity contribution in [1.29, 1.82) is 0 Å². The molecule has 0 fully saturated rings. The first-order chi connectivity index (χ1) is 9.20. The topological polar surface area (TPSA) is 39.2 Å². The van der Waals surface area contributed by atoms with Gasteiger partial charge in [-0.25, -0.2) is 8.78 Å². The lowest BCUT2D eigenvalue weighted by molar-refractivity contribution is 0.545. The molecule has 0 aliphatic carbocycles. The van der Waals surface area contributed by atoms with Crippen molar-refractivity contribution in [3.05, 3.63) is 59.9 Å². The Balaban J connectivity index is 2.40. The molecule has 3 rings (SSSR count). The minimum absolute atomic E-state index is 0.125. The Labute approximate surface area is 108 Å². The fourth-order valence-corrected chi connectivity index (χ4v) is 2.25. The van der Waals surface area contributed by atoms with E-state index in [1.807, 2.05) is 30.3 Å². The molecule has 96 valence electrons. The second-order valence-electron chi connectivity index (χ2n) is 4.23. The van der Waals surface area contributed by atoms with Gasteiger partial charge < -0.3 is 10.2 Å². The molecule has 0 aliphatic rings. The molecule has 0 aliphatic heterocycles. The van der Waals surface area contributed by atoms with Gasteiger partial charge in [-0.15, -0.1) is 0 Å². The number of benzene rings is 2. The zero-order valence-corrected chi connectivity index (χ0v) is 9.99. The van der Waals surface area contributed by atoms with Crippen LogP contribution >= 0.6 is 0 Å².